The minimum Gasteiger partial charge on any atom is -0.309 e. The highest BCUT2D eigenvalue weighted by atomic mass is 32.2. The fourth-order valence-corrected chi connectivity index (χ4v) is 4.39. The van der Waals surface area contributed by atoms with Crippen molar-refractivity contribution >= 4 is 11.8 Å². The van der Waals surface area contributed by atoms with Gasteiger partial charge in [-0.15, -0.1) is 11.8 Å². The molecular formula is C18H20FNS. The number of aryl methyl sites for hydroxylation is 1. The SMILES string of the molecule is CCNC(c1cc(C)ccc1F)C1Cc2ccccc2S1. The number of thioether (sulfide) groups is 1. The summed E-state index contributed by atoms with van der Waals surface area (Å²) in [6.07, 6.45) is 0.992. The van der Waals surface area contributed by atoms with Gasteiger partial charge in [0.15, 0.2) is 0 Å². The highest BCUT2D eigenvalue weighted by Crippen LogP contribution is 2.43. The second-order valence-corrected chi connectivity index (χ2v) is 6.81. The summed E-state index contributed by atoms with van der Waals surface area (Å²) in [5, 5.41) is 3.83. The van der Waals surface area contributed by atoms with Crippen LogP contribution in [0.4, 0.5) is 4.39 Å². The molecule has 1 aliphatic heterocycles. The van der Waals surface area contributed by atoms with Crippen molar-refractivity contribution in [2.75, 3.05) is 6.54 Å². The zero-order valence-electron chi connectivity index (χ0n) is 12.4. The van der Waals surface area contributed by atoms with E-state index in [-0.39, 0.29) is 11.9 Å². The van der Waals surface area contributed by atoms with Crippen LogP contribution in [0.2, 0.25) is 0 Å². The van der Waals surface area contributed by atoms with Gasteiger partial charge in [-0.3, -0.25) is 0 Å². The molecule has 0 saturated heterocycles. The number of halogens is 1. The molecule has 1 aliphatic rings. The summed E-state index contributed by atoms with van der Waals surface area (Å²) in [4.78, 5) is 1.33. The maximum atomic E-state index is 14.3. The van der Waals surface area contributed by atoms with E-state index in [1.54, 1.807) is 6.07 Å². The molecule has 0 bridgehead atoms. The van der Waals surface area contributed by atoms with E-state index in [0.717, 1.165) is 24.1 Å². The maximum Gasteiger partial charge on any atom is 0.128 e. The highest BCUT2D eigenvalue weighted by Gasteiger charge is 2.31. The number of hydrogen-bond donors (Lipinski definition) is 1. The lowest BCUT2D eigenvalue weighted by Gasteiger charge is -2.25. The third kappa shape index (κ3) is 2.99. The minimum atomic E-state index is -0.108. The first kappa shape index (κ1) is 14.6. The van der Waals surface area contributed by atoms with Crippen molar-refractivity contribution in [2.24, 2.45) is 0 Å². The standard InChI is InChI=1S/C18H20FNS/c1-3-20-18(14-10-12(2)8-9-15(14)19)17-11-13-6-4-5-7-16(13)21-17/h4-10,17-18,20H,3,11H2,1-2H3. The Morgan fingerprint density at radius 1 is 1.29 bits per heavy atom. The van der Waals surface area contributed by atoms with Crippen LogP contribution in [0.1, 0.15) is 29.7 Å². The van der Waals surface area contributed by atoms with Crippen LogP contribution in [-0.4, -0.2) is 11.8 Å². The summed E-state index contributed by atoms with van der Waals surface area (Å²) in [5.74, 6) is -0.108. The fourth-order valence-electron chi connectivity index (χ4n) is 2.96. The molecule has 0 fully saturated rings. The van der Waals surface area contributed by atoms with Crippen molar-refractivity contribution in [3.63, 3.8) is 0 Å². The molecule has 0 radical (unpaired) electrons. The van der Waals surface area contributed by atoms with Crippen LogP contribution in [0.25, 0.3) is 0 Å². The van der Waals surface area contributed by atoms with Crippen molar-refractivity contribution in [1.29, 1.82) is 0 Å². The van der Waals surface area contributed by atoms with Crippen molar-refractivity contribution in [3.8, 4) is 0 Å². The van der Waals surface area contributed by atoms with Crippen molar-refractivity contribution < 1.29 is 4.39 Å². The number of fused-ring (bicyclic) bond motifs is 1. The summed E-state index contributed by atoms with van der Waals surface area (Å²) in [6, 6.07) is 13.9. The third-order valence-corrected chi connectivity index (χ3v) is 5.35. The smallest absolute Gasteiger partial charge is 0.128 e. The van der Waals surface area contributed by atoms with E-state index in [4.69, 9.17) is 0 Å². The van der Waals surface area contributed by atoms with Crippen LogP contribution in [-0.2, 0) is 6.42 Å². The molecule has 3 rings (SSSR count). The Morgan fingerprint density at radius 3 is 2.86 bits per heavy atom. The van der Waals surface area contributed by atoms with Gasteiger partial charge in [-0.2, -0.15) is 0 Å². The summed E-state index contributed by atoms with van der Waals surface area (Å²) in [7, 11) is 0. The van der Waals surface area contributed by atoms with E-state index in [2.05, 4.69) is 36.5 Å². The van der Waals surface area contributed by atoms with Gasteiger partial charge >= 0.3 is 0 Å². The lowest BCUT2D eigenvalue weighted by Crippen LogP contribution is -2.30. The Hall–Kier alpha value is -1.32. The molecule has 2 unspecified atom stereocenters. The van der Waals surface area contributed by atoms with Crippen molar-refractivity contribution in [2.45, 2.75) is 36.5 Å². The molecule has 0 aromatic heterocycles. The summed E-state index contributed by atoms with van der Waals surface area (Å²) < 4.78 is 14.3. The number of rotatable bonds is 4. The molecule has 1 nitrogen and oxygen atoms in total. The van der Waals surface area contributed by atoms with Crippen molar-refractivity contribution in [1.82, 2.24) is 5.32 Å². The Balaban J connectivity index is 1.91. The predicted molar refractivity (Wildman–Crippen MR) is 87.3 cm³/mol. The molecule has 2 atom stereocenters. The fraction of sp³-hybridized carbons (Fsp3) is 0.333. The van der Waals surface area contributed by atoms with E-state index >= 15 is 0 Å². The number of hydrogen-bond acceptors (Lipinski definition) is 2. The Kier molecular flexibility index (Phi) is 4.32. The number of nitrogens with one attached hydrogen (secondary N) is 1. The second kappa shape index (κ2) is 6.20. The lowest BCUT2D eigenvalue weighted by molar-refractivity contribution is 0.497. The van der Waals surface area contributed by atoms with Gasteiger partial charge < -0.3 is 5.32 Å². The van der Waals surface area contributed by atoms with Gasteiger partial charge in [-0.05, 0) is 37.6 Å². The zero-order valence-corrected chi connectivity index (χ0v) is 13.2. The molecule has 0 spiro atoms. The first-order chi connectivity index (χ1) is 10.2. The third-order valence-electron chi connectivity index (χ3n) is 3.95. The van der Waals surface area contributed by atoms with Crippen molar-refractivity contribution in [3.05, 3.63) is 65.0 Å². The zero-order chi connectivity index (χ0) is 14.8. The molecule has 1 heterocycles. The van der Waals surface area contributed by atoms with Gasteiger partial charge in [0.05, 0.1) is 0 Å². The van der Waals surface area contributed by atoms with Crippen LogP contribution in [0.15, 0.2) is 47.4 Å². The first-order valence-electron chi connectivity index (χ1n) is 7.43. The van der Waals surface area contributed by atoms with Gasteiger partial charge in [0, 0.05) is 21.8 Å². The molecule has 21 heavy (non-hydrogen) atoms. The molecule has 110 valence electrons. The van der Waals surface area contributed by atoms with Crippen LogP contribution in [0.3, 0.4) is 0 Å². The molecule has 0 aliphatic carbocycles. The Bertz CT molecular complexity index is 616. The largest absolute Gasteiger partial charge is 0.309 e. The summed E-state index contributed by atoms with van der Waals surface area (Å²) in [6.45, 7) is 4.93. The molecule has 3 heteroatoms. The minimum absolute atomic E-state index is 0.0484. The first-order valence-corrected chi connectivity index (χ1v) is 8.31. The molecular weight excluding hydrogens is 281 g/mol. The number of benzene rings is 2. The lowest BCUT2D eigenvalue weighted by atomic mass is 9.97. The van der Waals surface area contributed by atoms with Gasteiger partial charge in [-0.25, -0.2) is 4.39 Å². The highest BCUT2D eigenvalue weighted by molar-refractivity contribution is 8.00. The van der Waals surface area contributed by atoms with Gasteiger partial charge in [0.2, 0.25) is 0 Å². The predicted octanol–water partition coefficient (Wildman–Crippen LogP) is 4.50. The van der Waals surface area contributed by atoms with Gasteiger partial charge in [0.25, 0.3) is 0 Å². The Morgan fingerprint density at radius 2 is 2.10 bits per heavy atom. The van der Waals surface area contributed by atoms with E-state index in [0.29, 0.717) is 5.25 Å². The topological polar surface area (TPSA) is 12.0 Å². The molecule has 2 aromatic carbocycles. The molecule has 0 amide bonds. The average Bonchev–Trinajstić information content (AvgIpc) is 2.91. The van der Waals surface area contributed by atoms with E-state index in [1.165, 1.54) is 10.5 Å². The Labute approximate surface area is 130 Å². The quantitative estimate of drug-likeness (QED) is 0.892. The second-order valence-electron chi connectivity index (χ2n) is 5.53. The van der Waals surface area contributed by atoms with Crippen LogP contribution < -0.4 is 5.32 Å². The van der Waals surface area contributed by atoms with E-state index in [9.17, 15) is 4.39 Å². The van der Waals surface area contributed by atoms with Crippen LogP contribution in [0.5, 0.6) is 0 Å². The maximum absolute atomic E-state index is 14.3. The van der Waals surface area contributed by atoms with Crippen LogP contribution >= 0.6 is 11.8 Å². The average molecular weight is 301 g/mol. The molecule has 0 saturated carbocycles. The van der Waals surface area contributed by atoms with E-state index < -0.39 is 0 Å². The summed E-state index contributed by atoms with van der Waals surface area (Å²) >= 11 is 1.86. The van der Waals surface area contributed by atoms with Gasteiger partial charge in [0.1, 0.15) is 5.82 Å². The monoisotopic (exact) mass is 301 g/mol. The van der Waals surface area contributed by atoms with Gasteiger partial charge in [-0.1, -0.05) is 42.8 Å². The summed E-state index contributed by atoms with van der Waals surface area (Å²) in [5.41, 5.74) is 3.28. The van der Waals surface area contributed by atoms with E-state index in [1.807, 2.05) is 30.8 Å². The van der Waals surface area contributed by atoms with Crippen LogP contribution in [0, 0.1) is 12.7 Å². The molecule has 1 N–H and O–H groups in total. The molecule has 2 aromatic rings. The normalized spacial score (nSPS) is 18.5.